The van der Waals surface area contributed by atoms with Gasteiger partial charge in [0.05, 0.1) is 6.54 Å². The Morgan fingerprint density at radius 1 is 1.26 bits per heavy atom. The van der Waals surface area contributed by atoms with Crippen molar-refractivity contribution < 1.29 is 9.59 Å². The summed E-state index contributed by atoms with van der Waals surface area (Å²) in [5.41, 5.74) is -0.254. The van der Waals surface area contributed by atoms with Crippen LogP contribution in [0.15, 0.2) is 0 Å². The van der Waals surface area contributed by atoms with Gasteiger partial charge in [-0.1, -0.05) is 0 Å². The third kappa shape index (κ3) is 6.57. The van der Waals surface area contributed by atoms with Crippen LogP contribution in [0.5, 0.6) is 0 Å². The molecule has 0 aliphatic carbocycles. The molecule has 1 aliphatic heterocycles. The Bertz CT molecular complexity index is 317. The third-order valence-corrected chi connectivity index (χ3v) is 3.24. The fourth-order valence-electron chi connectivity index (χ4n) is 2.25. The summed E-state index contributed by atoms with van der Waals surface area (Å²) < 4.78 is 0. The molecule has 0 aromatic carbocycles. The molecule has 0 spiro atoms. The molecule has 1 fully saturated rings. The Hall–Kier alpha value is -1.10. The first-order chi connectivity index (χ1) is 8.78. The van der Waals surface area contributed by atoms with E-state index in [2.05, 4.69) is 10.6 Å². The smallest absolute Gasteiger partial charge is 0.240 e. The van der Waals surface area contributed by atoms with Crippen molar-refractivity contribution in [3.05, 3.63) is 0 Å². The van der Waals surface area contributed by atoms with E-state index in [0.717, 1.165) is 25.9 Å². The normalized spacial score (nSPS) is 17.1. The van der Waals surface area contributed by atoms with E-state index in [9.17, 15) is 9.59 Å². The maximum atomic E-state index is 12.0. The zero-order chi connectivity index (χ0) is 14.5. The van der Waals surface area contributed by atoms with Crippen molar-refractivity contribution >= 4 is 11.8 Å². The van der Waals surface area contributed by atoms with Crippen molar-refractivity contribution in [2.75, 3.05) is 26.7 Å². The lowest BCUT2D eigenvalue weighted by molar-refractivity contribution is -0.136. The minimum atomic E-state index is -0.254. The summed E-state index contributed by atoms with van der Waals surface area (Å²) in [5.74, 6) is 0.423. The Morgan fingerprint density at radius 2 is 1.84 bits per heavy atom. The van der Waals surface area contributed by atoms with Gasteiger partial charge in [-0.15, -0.1) is 0 Å². The van der Waals surface area contributed by atoms with Crippen LogP contribution in [0.4, 0.5) is 0 Å². The Kier molecular flexibility index (Phi) is 5.79. The number of hydrogen-bond acceptors (Lipinski definition) is 3. The Morgan fingerprint density at radius 3 is 2.37 bits per heavy atom. The molecular formula is C14H27N3O2. The van der Waals surface area contributed by atoms with Gasteiger partial charge >= 0.3 is 0 Å². The average Bonchev–Trinajstić information content (AvgIpc) is 2.27. The molecule has 0 aromatic rings. The van der Waals surface area contributed by atoms with E-state index in [4.69, 9.17) is 0 Å². The highest BCUT2D eigenvalue weighted by Gasteiger charge is 2.21. The fraction of sp³-hybridized carbons (Fsp3) is 0.857. The van der Waals surface area contributed by atoms with Crippen molar-refractivity contribution in [3.8, 4) is 0 Å². The second-order valence-electron chi connectivity index (χ2n) is 6.45. The van der Waals surface area contributed by atoms with Crippen LogP contribution in [0.25, 0.3) is 0 Å². The van der Waals surface area contributed by atoms with Crippen LogP contribution < -0.4 is 10.6 Å². The Labute approximate surface area is 116 Å². The summed E-state index contributed by atoms with van der Waals surface area (Å²) in [6.45, 7) is 7.92. The molecular weight excluding hydrogens is 242 g/mol. The minimum absolute atomic E-state index is 0.0657. The van der Waals surface area contributed by atoms with Crippen molar-refractivity contribution in [1.82, 2.24) is 15.5 Å². The van der Waals surface area contributed by atoms with Crippen molar-refractivity contribution in [3.63, 3.8) is 0 Å². The Balaban J connectivity index is 2.33. The van der Waals surface area contributed by atoms with Crippen LogP contribution >= 0.6 is 0 Å². The van der Waals surface area contributed by atoms with E-state index in [1.54, 1.807) is 7.05 Å². The molecule has 0 bridgehead atoms. The van der Waals surface area contributed by atoms with Crippen LogP contribution in [0.2, 0.25) is 0 Å². The van der Waals surface area contributed by atoms with Gasteiger partial charge in [0.15, 0.2) is 0 Å². The highest BCUT2D eigenvalue weighted by Crippen LogP contribution is 2.16. The molecule has 2 amide bonds. The van der Waals surface area contributed by atoms with Gasteiger partial charge in [0, 0.05) is 19.0 Å². The maximum absolute atomic E-state index is 12.0. The van der Waals surface area contributed by atoms with E-state index >= 15 is 0 Å². The van der Waals surface area contributed by atoms with Gasteiger partial charge in [0.1, 0.15) is 0 Å². The first-order valence-corrected chi connectivity index (χ1v) is 7.03. The number of nitrogens with one attached hydrogen (secondary N) is 2. The van der Waals surface area contributed by atoms with Crippen LogP contribution in [-0.4, -0.2) is 48.9 Å². The lowest BCUT2D eigenvalue weighted by Crippen LogP contribution is -2.46. The van der Waals surface area contributed by atoms with E-state index < -0.39 is 0 Å². The van der Waals surface area contributed by atoms with E-state index in [-0.39, 0.29) is 23.9 Å². The first-order valence-electron chi connectivity index (χ1n) is 7.03. The van der Waals surface area contributed by atoms with Gasteiger partial charge < -0.3 is 15.5 Å². The van der Waals surface area contributed by atoms with Gasteiger partial charge in [-0.05, 0) is 52.6 Å². The summed E-state index contributed by atoms with van der Waals surface area (Å²) in [6.07, 6.45) is 2.66. The van der Waals surface area contributed by atoms with Gasteiger partial charge in [-0.3, -0.25) is 9.59 Å². The molecule has 0 aromatic heterocycles. The molecule has 5 heteroatoms. The molecule has 110 valence electrons. The molecule has 0 atom stereocenters. The van der Waals surface area contributed by atoms with Gasteiger partial charge in [0.25, 0.3) is 0 Å². The predicted octanol–water partition coefficient (Wildman–Crippen LogP) is 0.749. The average molecular weight is 269 g/mol. The monoisotopic (exact) mass is 269 g/mol. The third-order valence-electron chi connectivity index (χ3n) is 3.24. The zero-order valence-corrected chi connectivity index (χ0v) is 12.6. The van der Waals surface area contributed by atoms with Crippen LogP contribution in [0.1, 0.15) is 40.0 Å². The van der Waals surface area contributed by atoms with Gasteiger partial charge in [0.2, 0.25) is 11.8 Å². The predicted molar refractivity (Wildman–Crippen MR) is 75.7 cm³/mol. The fourth-order valence-corrected chi connectivity index (χ4v) is 2.25. The van der Waals surface area contributed by atoms with Crippen molar-refractivity contribution in [1.29, 1.82) is 0 Å². The molecule has 1 aliphatic rings. The number of piperidine rings is 1. The lowest BCUT2D eigenvalue weighted by Gasteiger charge is -2.26. The van der Waals surface area contributed by atoms with Gasteiger partial charge in [-0.25, -0.2) is 0 Å². The molecule has 2 N–H and O–H groups in total. The highest BCUT2D eigenvalue weighted by molar-refractivity contribution is 5.85. The summed E-state index contributed by atoms with van der Waals surface area (Å²) in [6, 6.07) is 0. The number of rotatable bonds is 4. The summed E-state index contributed by atoms with van der Waals surface area (Å²) in [7, 11) is 1.70. The van der Waals surface area contributed by atoms with Crippen LogP contribution in [-0.2, 0) is 9.59 Å². The molecule has 19 heavy (non-hydrogen) atoms. The second-order valence-corrected chi connectivity index (χ2v) is 6.45. The maximum Gasteiger partial charge on any atom is 0.240 e. The zero-order valence-electron chi connectivity index (χ0n) is 12.6. The number of nitrogens with zero attached hydrogens (tertiary/aromatic N) is 1. The molecule has 0 saturated carbocycles. The topological polar surface area (TPSA) is 61.4 Å². The number of carbonyl (C=O) groups is 2. The summed E-state index contributed by atoms with van der Waals surface area (Å²) in [4.78, 5) is 25.3. The van der Waals surface area contributed by atoms with E-state index in [1.165, 1.54) is 4.90 Å². The second kappa shape index (κ2) is 6.89. The summed E-state index contributed by atoms with van der Waals surface area (Å²) >= 11 is 0. The number of carbonyl (C=O) groups excluding carboxylic acids is 2. The SMILES string of the molecule is CN(CC(=O)NC(C)(C)C)C(=O)CC1CCNCC1. The van der Waals surface area contributed by atoms with Crippen molar-refractivity contribution in [2.24, 2.45) is 5.92 Å². The van der Waals surface area contributed by atoms with Crippen LogP contribution in [0, 0.1) is 5.92 Å². The summed E-state index contributed by atoms with van der Waals surface area (Å²) in [5, 5.41) is 6.15. The quantitative estimate of drug-likeness (QED) is 0.791. The van der Waals surface area contributed by atoms with Gasteiger partial charge in [-0.2, -0.15) is 0 Å². The van der Waals surface area contributed by atoms with Crippen LogP contribution in [0.3, 0.4) is 0 Å². The lowest BCUT2D eigenvalue weighted by atomic mass is 9.94. The standard InChI is InChI=1S/C14H27N3O2/c1-14(2,3)16-12(18)10-17(4)13(19)9-11-5-7-15-8-6-11/h11,15H,5-10H2,1-4H3,(H,16,18). The molecule has 0 unspecified atom stereocenters. The van der Waals surface area contributed by atoms with E-state index in [0.29, 0.717) is 12.3 Å². The molecule has 5 nitrogen and oxygen atoms in total. The first kappa shape index (κ1) is 16.0. The number of likely N-dealkylation sites (N-methyl/N-ethyl adjacent to an activating group) is 1. The van der Waals surface area contributed by atoms with E-state index in [1.807, 2.05) is 20.8 Å². The number of amides is 2. The molecule has 1 rings (SSSR count). The number of hydrogen-bond donors (Lipinski definition) is 2. The largest absolute Gasteiger partial charge is 0.350 e. The molecule has 1 saturated heterocycles. The van der Waals surface area contributed by atoms with Crippen molar-refractivity contribution in [2.45, 2.75) is 45.6 Å². The highest BCUT2D eigenvalue weighted by atomic mass is 16.2. The molecule has 0 radical (unpaired) electrons. The molecule has 1 heterocycles. The minimum Gasteiger partial charge on any atom is -0.350 e.